The molecule has 1 atom stereocenters. The molecule has 0 bridgehead atoms. The Hall–Kier alpha value is -1.64. The summed E-state index contributed by atoms with van der Waals surface area (Å²) >= 11 is 0. The highest BCUT2D eigenvalue weighted by atomic mass is 32.2. The molecule has 2 aromatic heterocycles. The van der Waals surface area contributed by atoms with Crippen molar-refractivity contribution in [2.45, 2.75) is 17.4 Å². The van der Waals surface area contributed by atoms with Crippen LogP contribution in [0.3, 0.4) is 0 Å². The molecular weight excluding hydrogens is 270 g/mol. The molecule has 0 saturated heterocycles. The van der Waals surface area contributed by atoms with Crippen molar-refractivity contribution < 1.29 is 17.9 Å². The number of nitrogens with one attached hydrogen (secondary N) is 1. The zero-order chi connectivity index (χ0) is 14.1. The van der Waals surface area contributed by atoms with E-state index in [4.69, 9.17) is 4.42 Å². The van der Waals surface area contributed by atoms with Crippen LogP contribution in [0, 0.1) is 0 Å². The molecule has 0 saturated carbocycles. The van der Waals surface area contributed by atoms with Crippen LogP contribution < -0.4 is 4.72 Å². The average Bonchev–Trinajstić information content (AvgIpc) is 2.97. The molecule has 104 valence electrons. The molecule has 0 aromatic carbocycles. The van der Waals surface area contributed by atoms with Crippen molar-refractivity contribution in [3.8, 4) is 0 Å². The Bertz CT molecular complexity index is 643. The molecule has 0 aliphatic heterocycles. The summed E-state index contributed by atoms with van der Waals surface area (Å²) in [5, 5.41) is 13.9. The van der Waals surface area contributed by atoms with E-state index >= 15 is 0 Å². The van der Waals surface area contributed by atoms with Gasteiger partial charge in [0.15, 0.2) is 0 Å². The second-order valence-corrected chi connectivity index (χ2v) is 6.19. The number of nitrogens with zero attached hydrogens (tertiary/aromatic N) is 2. The molecule has 8 heteroatoms. The Balaban J connectivity index is 2.10. The topological polar surface area (TPSA) is 97.4 Å². The molecule has 2 rings (SSSR count). The summed E-state index contributed by atoms with van der Waals surface area (Å²) < 4.78 is 32.7. The lowest BCUT2D eigenvalue weighted by Crippen LogP contribution is -2.38. The number of sulfonamides is 1. The van der Waals surface area contributed by atoms with Crippen molar-refractivity contribution in [1.82, 2.24) is 14.5 Å². The number of rotatable bonds is 5. The first-order valence-corrected chi connectivity index (χ1v) is 7.04. The fraction of sp³-hybridized carbons (Fsp3) is 0.364. The van der Waals surface area contributed by atoms with Gasteiger partial charge in [0.25, 0.3) is 0 Å². The Morgan fingerprint density at radius 3 is 2.84 bits per heavy atom. The molecule has 0 spiro atoms. The van der Waals surface area contributed by atoms with Crippen LogP contribution in [0.2, 0.25) is 0 Å². The Morgan fingerprint density at radius 1 is 1.58 bits per heavy atom. The van der Waals surface area contributed by atoms with Crippen LogP contribution in [0.25, 0.3) is 0 Å². The zero-order valence-corrected chi connectivity index (χ0v) is 11.4. The third kappa shape index (κ3) is 3.03. The molecule has 0 aliphatic rings. The van der Waals surface area contributed by atoms with E-state index in [0.717, 1.165) is 0 Å². The van der Waals surface area contributed by atoms with Crippen LogP contribution in [0.4, 0.5) is 0 Å². The smallest absolute Gasteiger partial charge is 0.243 e. The van der Waals surface area contributed by atoms with Gasteiger partial charge >= 0.3 is 0 Å². The number of hydrogen-bond donors (Lipinski definition) is 2. The van der Waals surface area contributed by atoms with Gasteiger partial charge in [-0.15, -0.1) is 0 Å². The van der Waals surface area contributed by atoms with E-state index in [1.54, 1.807) is 19.2 Å². The maximum atomic E-state index is 12.0. The molecule has 19 heavy (non-hydrogen) atoms. The van der Waals surface area contributed by atoms with Gasteiger partial charge in [-0.3, -0.25) is 4.68 Å². The molecule has 2 aromatic rings. The lowest BCUT2D eigenvalue weighted by atomic mass is 10.1. The van der Waals surface area contributed by atoms with Crippen LogP contribution in [-0.2, 0) is 22.7 Å². The van der Waals surface area contributed by atoms with E-state index in [0.29, 0.717) is 5.76 Å². The summed E-state index contributed by atoms with van der Waals surface area (Å²) in [6.45, 7) is 1.27. The highest BCUT2D eigenvalue weighted by Crippen LogP contribution is 2.20. The van der Waals surface area contributed by atoms with Gasteiger partial charge in [0.2, 0.25) is 10.0 Å². The summed E-state index contributed by atoms with van der Waals surface area (Å²) in [5.74, 6) is 0.293. The van der Waals surface area contributed by atoms with E-state index in [1.165, 1.54) is 30.3 Å². The molecule has 0 amide bonds. The number of aromatic nitrogens is 2. The highest BCUT2D eigenvalue weighted by molar-refractivity contribution is 7.89. The molecule has 7 nitrogen and oxygen atoms in total. The maximum absolute atomic E-state index is 12.0. The lowest BCUT2D eigenvalue weighted by molar-refractivity contribution is 0.0395. The van der Waals surface area contributed by atoms with Gasteiger partial charge in [0.05, 0.1) is 12.5 Å². The van der Waals surface area contributed by atoms with Crippen LogP contribution in [0.15, 0.2) is 40.1 Å². The minimum atomic E-state index is -3.70. The first kappa shape index (κ1) is 13.8. The molecule has 1 unspecified atom stereocenters. The van der Waals surface area contributed by atoms with Gasteiger partial charge in [-0.2, -0.15) is 5.10 Å². The first-order chi connectivity index (χ1) is 8.81. The van der Waals surface area contributed by atoms with E-state index < -0.39 is 15.6 Å². The van der Waals surface area contributed by atoms with Gasteiger partial charge in [0.1, 0.15) is 16.3 Å². The van der Waals surface area contributed by atoms with E-state index in [2.05, 4.69) is 9.82 Å². The molecule has 0 aliphatic carbocycles. The summed E-state index contributed by atoms with van der Waals surface area (Å²) in [7, 11) is -2.08. The van der Waals surface area contributed by atoms with Crippen LogP contribution in [-0.4, -0.2) is 29.8 Å². The maximum Gasteiger partial charge on any atom is 0.243 e. The highest BCUT2D eigenvalue weighted by Gasteiger charge is 2.29. The van der Waals surface area contributed by atoms with Crippen molar-refractivity contribution in [3.05, 3.63) is 36.5 Å². The number of furan rings is 1. The minimum Gasteiger partial charge on any atom is -0.466 e. The van der Waals surface area contributed by atoms with Crippen molar-refractivity contribution in [3.63, 3.8) is 0 Å². The molecule has 2 N–H and O–H groups in total. The summed E-state index contributed by atoms with van der Waals surface area (Å²) in [6, 6.07) is 3.21. The fourth-order valence-electron chi connectivity index (χ4n) is 1.53. The van der Waals surface area contributed by atoms with Gasteiger partial charge in [-0.1, -0.05) is 0 Å². The second-order valence-electron chi connectivity index (χ2n) is 4.43. The predicted octanol–water partition coefficient (Wildman–Crippen LogP) is 0.199. The Morgan fingerprint density at radius 2 is 2.32 bits per heavy atom. The Kier molecular flexibility index (Phi) is 3.48. The van der Waals surface area contributed by atoms with E-state index in [-0.39, 0.29) is 11.4 Å². The molecule has 0 radical (unpaired) electrons. The van der Waals surface area contributed by atoms with Gasteiger partial charge in [-0.05, 0) is 19.1 Å². The Labute approximate surface area is 110 Å². The lowest BCUT2D eigenvalue weighted by Gasteiger charge is -2.20. The fourth-order valence-corrected chi connectivity index (χ4v) is 2.64. The minimum absolute atomic E-state index is 0.0465. The normalized spacial score (nSPS) is 15.3. The van der Waals surface area contributed by atoms with E-state index in [1.807, 2.05) is 0 Å². The standard InChI is InChI=1S/C11H15N3O4S/c1-11(15,10-4-3-5-18-10)8-13-19(16,17)9-6-12-14(2)7-9/h3-7,13,15H,8H2,1-2H3. The SMILES string of the molecule is Cn1cc(S(=O)(=O)NCC(C)(O)c2ccco2)cn1. The van der Waals surface area contributed by atoms with Crippen molar-refractivity contribution in [1.29, 1.82) is 0 Å². The number of hydrogen-bond acceptors (Lipinski definition) is 5. The zero-order valence-electron chi connectivity index (χ0n) is 10.6. The van der Waals surface area contributed by atoms with E-state index in [9.17, 15) is 13.5 Å². The van der Waals surface area contributed by atoms with Gasteiger partial charge in [-0.25, -0.2) is 13.1 Å². The van der Waals surface area contributed by atoms with Crippen molar-refractivity contribution in [2.75, 3.05) is 6.54 Å². The van der Waals surface area contributed by atoms with Crippen LogP contribution in [0.5, 0.6) is 0 Å². The monoisotopic (exact) mass is 285 g/mol. The first-order valence-electron chi connectivity index (χ1n) is 5.56. The van der Waals surface area contributed by atoms with Gasteiger partial charge in [0, 0.05) is 19.8 Å². The largest absolute Gasteiger partial charge is 0.466 e. The second kappa shape index (κ2) is 4.80. The number of aliphatic hydroxyl groups is 1. The summed E-state index contributed by atoms with van der Waals surface area (Å²) in [6.07, 6.45) is 4.04. The summed E-state index contributed by atoms with van der Waals surface area (Å²) in [5.41, 5.74) is -1.42. The van der Waals surface area contributed by atoms with Crippen LogP contribution >= 0.6 is 0 Å². The third-order valence-corrected chi connectivity index (χ3v) is 4.01. The average molecular weight is 285 g/mol. The predicted molar refractivity (Wildman–Crippen MR) is 66.7 cm³/mol. The molecule has 0 fully saturated rings. The van der Waals surface area contributed by atoms with Crippen molar-refractivity contribution in [2.24, 2.45) is 7.05 Å². The molecular formula is C11H15N3O4S. The third-order valence-electron chi connectivity index (χ3n) is 2.65. The van der Waals surface area contributed by atoms with Gasteiger partial charge < -0.3 is 9.52 Å². The van der Waals surface area contributed by atoms with Crippen LogP contribution in [0.1, 0.15) is 12.7 Å². The quantitative estimate of drug-likeness (QED) is 0.818. The number of aryl methyl sites for hydroxylation is 1. The summed E-state index contributed by atoms with van der Waals surface area (Å²) in [4.78, 5) is 0.0465. The van der Waals surface area contributed by atoms with Crippen molar-refractivity contribution >= 4 is 10.0 Å². The molecule has 2 heterocycles.